The van der Waals surface area contributed by atoms with Gasteiger partial charge in [0.15, 0.2) is 24.8 Å². The highest BCUT2D eigenvalue weighted by Crippen LogP contribution is 2.28. The molecule has 0 saturated heterocycles. The van der Waals surface area contributed by atoms with Crippen LogP contribution < -0.4 is 0 Å². The Hall–Kier alpha value is -2.06. The van der Waals surface area contributed by atoms with Crippen LogP contribution in [0.2, 0.25) is 0 Å². The second kappa shape index (κ2) is 5.38. The normalized spacial score (nSPS) is 12.2. The van der Waals surface area contributed by atoms with Crippen LogP contribution in [0.5, 0.6) is 11.5 Å². The van der Waals surface area contributed by atoms with Crippen molar-refractivity contribution in [2.75, 3.05) is 5.08 Å². The summed E-state index contributed by atoms with van der Waals surface area (Å²) in [5.41, 5.74) is 0. The maximum atomic E-state index is 12.1. The fourth-order valence-electron chi connectivity index (χ4n) is 1.77. The van der Waals surface area contributed by atoms with Gasteiger partial charge >= 0.3 is 0 Å². The van der Waals surface area contributed by atoms with E-state index in [0.29, 0.717) is 0 Å². The molecule has 112 valence electrons. The highest BCUT2D eigenvalue weighted by Gasteiger charge is 2.29. The first-order valence-corrected chi connectivity index (χ1v) is 9.06. The molecule has 0 aliphatic rings. The Morgan fingerprint density at radius 2 is 1.00 bits per heavy atom. The number of para-hydroxylation sites is 2. The van der Waals surface area contributed by atoms with E-state index in [1.54, 1.807) is 0 Å². The Bertz CT molecular complexity index is 796. The molecule has 0 aromatic heterocycles. The van der Waals surface area contributed by atoms with Gasteiger partial charge in [-0.25, -0.2) is 16.8 Å². The molecule has 0 aliphatic heterocycles. The molecule has 2 aromatic rings. The van der Waals surface area contributed by atoms with Gasteiger partial charge < -0.3 is 10.2 Å². The fraction of sp³-hybridized carbons (Fsp3) is 0.0769. The average Bonchev–Trinajstić information content (AvgIpc) is 2.38. The van der Waals surface area contributed by atoms with E-state index >= 15 is 0 Å². The van der Waals surface area contributed by atoms with Crippen molar-refractivity contribution in [3.05, 3.63) is 48.5 Å². The minimum atomic E-state index is -4.26. The lowest BCUT2D eigenvalue weighted by molar-refractivity contribution is 0.459. The van der Waals surface area contributed by atoms with E-state index in [0.717, 1.165) is 24.3 Å². The molecule has 0 atom stereocenters. The summed E-state index contributed by atoms with van der Waals surface area (Å²) in [5.74, 6) is -1.05. The molecular weight excluding hydrogens is 316 g/mol. The van der Waals surface area contributed by atoms with Crippen LogP contribution in [0.25, 0.3) is 0 Å². The molecule has 0 unspecified atom stereocenters. The maximum absolute atomic E-state index is 12.1. The minimum Gasteiger partial charge on any atom is -0.507 e. The number of sulfone groups is 2. The van der Waals surface area contributed by atoms with Gasteiger partial charge in [-0.15, -0.1) is 0 Å². The quantitative estimate of drug-likeness (QED) is 0.876. The molecule has 0 heterocycles. The number of phenols is 2. The van der Waals surface area contributed by atoms with E-state index < -0.39 is 46.0 Å². The molecule has 0 aliphatic carbocycles. The first kappa shape index (κ1) is 15.3. The monoisotopic (exact) mass is 328 g/mol. The van der Waals surface area contributed by atoms with Crippen LogP contribution in [0.3, 0.4) is 0 Å². The smallest absolute Gasteiger partial charge is 0.196 e. The maximum Gasteiger partial charge on any atom is 0.196 e. The molecule has 2 aromatic carbocycles. The first-order valence-electron chi connectivity index (χ1n) is 5.75. The number of rotatable bonds is 4. The SMILES string of the molecule is O=S(=O)(CS(=O)(=O)c1ccccc1O)c1ccccc1O. The lowest BCUT2D eigenvalue weighted by Gasteiger charge is -2.08. The number of aromatic hydroxyl groups is 2. The number of benzene rings is 2. The van der Waals surface area contributed by atoms with E-state index in [-0.39, 0.29) is 0 Å². The summed E-state index contributed by atoms with van der Waals surface area (Å²) in [6.45, 7) is 0. The summed E-state index contributed by atoms with van der Waals surface area (Å²) in [6, 6.07) is 10.1. The molecule has 0 bridgehead atoms. The van der Waals surface area contributed by atoms with Crippen LogP contribution in [0.15, 0.2) is 58.3 Å². The van der Waals surface area contributed by atoms with Crippen molar-refractivity contribution in [2.24, 2.45) is 0 Å². The molecular formula is C13H12O6S2. The van der Waals surface area contributed by atoms with Gasteiger partial charge in [-0.2, -0.15) is 0 Å². The van der Waals surface area contributed by atoms with Gasteiger partial charge in [-0.3, -0.25) is 0 Å². The Morgan fingerprint density at radius 3 is 1.33 bits per heavy atom. The molecule has 0 saturated carbocycles. The van der Waals surface area contributed by atoms with Crippen molar-refractivity contribution in [3.63, 3.8) is 0 Å². The van der Waals surface area contributed by atoms with Gasteiger partial charge in [0.05, 0.1) is 0 Å². The highest BCUT2D eigenvalue weighted by atomic mass is 32.3. The highest BCUT2D eigenvalue weighted by molar-refractivity contribution is 8.08. The third kappa shape index (κ3) is 3.17. The molecule has 2 N–H and O–H groups in total. The van der Waals surface area contributed by atoms with Crippen molar-refractivity contribution in [1.29, 1.82) is 0 Å². The van der Waals surface area contributed by atoms with Crippen LogP contribution in [0.1, 0.15) is 0 Å². The zero-order valence-electron chi connectivity index (χ0n) is 10.7. The number of hydrogen-bond acceptors (Lipinski definition) is 6. The van der Waals surface area contributed by atoms with Gasteiger partial charge in [0, 0.05) is 0 Å². The third-order valence-electron chi connectivity index (χ3n) is 2.71. The topological polar surface area (TPSA) is 109 Å². The van der Waals surface area contributed by atoms with E-state index in [1.165, 1.54) is 24.3 Å². The zero-order valence-corrected chi connectivity index (χ0v) is 12.3. The second-order valence-corrected chi connectivity index (χ2v) is 8.56. The van der Waals surface area contributed by atoms with Crippen LogP contribution in [-0.4, -0.2) is 32.1 Å². The number of phenolic OH excluding ortho intramolecular Hbond substituents is 2. The summed E-state index contributed by atoms with van der Waals surface area (Å²) in [5, 5.41) is 17.8. The summed E-state index contributed by atoms with van der Waals surface area (Å²) in [6.07, 6.45) is 0. The fourth-order valence-corrected chi connectivity index (χ4v) is 5.77. The molecule has 2 rings (SSSR count). The second-order valence-electron chi connectivity index (χ2n) is 4.28. The number of hydrogen-bond donors (Lipinski definition) is 2. The van der Waals surface area contributed by atoms with Gasteiger partial charge in [0.1, 0.15) is 21.3 Å². The summed E-state index contributed by atoms with van der Waals surface area (Å²) < 4.78 is 48.5. The zero-order chi connectivity index (χ0) is 15.7. The summed E-state index contributed by atoms with van der Waals surface area (Å²) in [4.78, 5) is -0.937. The van der Waals surface area contributed by atoms with Crippen molar-refractivity contribution < 1.29 is 27.0 Å². The summed E-state index contributed by atoms with van der Waals surface area (Å²) in [7, 11) is -8.53. The van der Waals surface area contributed by atoms with E-state index in [9.17, 15) is 27.0 Å². The Morgan fingerprint density at radius 1 is 0.667 bits per heavy atom. The van der Waals surface area contributed by atoms with Crippen molar-refractivity contribution in [2.45, 2.75) is 9.79 Å². The molecule has 21 heavy (non-hydrogen) atoms. The van der Waals surface area contributed by atoms with Crippen molar-refractivity contribution in [1.82, 2.24) is 0 Å². The lowest BCUT2D eigenvalue weighted by atomic mass is 10.3. The van der Waals surface area contributed by atoms with Crippen LogP contribution >= 0.6 is 0 Å². The van der Waals surface area contributed by atoms with Crippen molar-refractivity contribution in [3.8, 4) is 11.5 Å². The van der Waals surface area contributed by atoms with E-state index in [1.807, 2.05) is 0 Å². The van der Waals surface area contributed by atoms with Gasteiger partial charge in [-0.1, -0.05) is 24.3 Å². The third-order valence-corrected chi connectivity index (χ3v) is 7.22. The van der Waals surface area contributed by atoms with Gasteiger partial charge in [-0.05, 0) is 24.3 Å². The minimum absolute atomic E-state index is 0.469. The van der Waals surface area contributed by atoms with Gasteiger partial charge in [0.2, 0.25) is 0 Å². The Kier molecular flexibility index (Phi) is 3.93. The largest absolute Gasteiger partial charge is 0.507 e. The molecule has 0 fully saturated rings. The van der Waals surface area contributed by atoms with Crippen molar-refractivity contribution >= 4 is 19.7 Å². The Balaban J connectivity index is 2.46. The summed E-state index contributed by atoms with van der Waals surface area (Å²) >= 11 is 0. The Labute approximate surface area is 122 Å². The molecule has 6 nitrogen and oxygen atoms in total. The molecule has 0 spiro atoms. The predicted molar refractivity (Wildman–Crippen MR) is 75.5 cm³/mol. The van der Waals surface area contributed by atoms with Crippen LogP contribution in [0, 0.1) is 0 Å². The van der Waals surface area contributed by atoms with E-state index in [4.69, 9.17) is 0 Å². The van der Waals surface area contributed by atoms with Crippen LogP contribution in [0.4, 0.5) is 0 Å². The predicted octanol–water partition coefficient (Wildman–Crippen LogP) is 1.30. The standard InChI is InChI=1S/C13H12O6S2/c14-10-5-1-3-7-12(10)20(16,17)9-21(18,19)13-8-4-2-6-11(13)15/h1-8,14-15H,9H2. The molecule has 0 radical (unpaired) electrons. The first-order chi connectivity index (χ1) is 9.74. The van der Waals surface area contributed by atoms with E-state index in [2.05, 4.69) is 0 Å². The average molecular weight is 328 g/mol. The molecule has 0 amide bonds. The van der Waals surface area contributed by atoms with Crippen LogP contribution in [-0.2, 0) is 19.7 Å². The lowest BCUT2D eigenvalue weighted by Crippen LogP contribution is -2.17. The van der Waals surface area contributed by atoms with Gasteiger partial charge in [0.25, 0.3) is 0 Å². The molecule has 8 heteroatoms.